The van der Waals surface area contributed by atoms with Crippen LogP contribution in [0.25, 0.3) is 0 Å². The highest BCUT2D eigenvalue weighted by molar-refractivity contribution is 5.93. The minimum atomic E-state index is -0.632. The normalized spacial score (nSPS) is 31.2. The Labute approximate surface area is 159 Å². The number of ether oxygens (including phenoxy) is 1. The molecule has 4 atom stereocenters. The molecule has 146 valence electrons. The van der Waals surface area contributed by atoms with Gasteiger partial charge in [0.1, 0.15) is 11.4 Å². The van der Waals surface area contributed by atoms with Gasteiger partial charge in [-0.1, -0.05) is 26.0 Å². The van der Waals surface area contributed by atoms with Gasteiger partial charge in [-0.2, -0.15) is 0 Å². The van der Waals surface area contributed by atoms with E-state index < -0.39 is 17.4 Å². The number of nitrogens with zero attached hydrogens (tertiary/aromatic N) is 3. The third kappa shape index (κ3) is 2.71. The first-order valence-electron chi connectivity index (χ1n) is 9.83. The van der Waals surface area contributed by atoms with E-state index in [0.29, 0.717) is 13.1 Å². The maximum Gasteiger partial charge on any atom is 0.230 e. The van der Waals surface area contributed by atoms with Gasteiger partial charge >= 0.3 is 0 Å². The second-order valence-corrected chi connectivity index (χ2v) is 8.04. The summed E-state index contributed by atoms with van der Waals surface area (Å²) in [5.74, 6) is -0.112. The first kappa shape index (κ1) is 18.2. The second kappa shape index (κ2) is 6.48. The Hall–Kier alpha value is -2.15. The average Bonchev–Trinajstić information content (AvgIpc) is 3.38. The summed E-state index contributed by atoms with van der Waals surface area (Å²) in [4.78, 5) is 37.5. The van der Waals surface area contributed by atoms with Crippen LogP contribution in [0.1, 0.15) is 38.2 Å². The first-order valence-corrected chi connectivity index (χ1v) is 9.83. The number of hydrogen-bond acceptors (Lipinski definition) is 4. The third-order valence-electron chi connectivity index (χ3n) is 6.32. The van der Waals surface area contributed by atoms with Crippen molar-refractivity contribution in [2.45, 2.75) is 57.9 Å². The molecular formula is C20H28N4O3. The number of aryl methyl sites for hydroxylation is 1. The van der Waals surface area contributed by atoms with E-state index in [1.807, 2.05) is 24.0 Å². The summed E-state index contributed by atoms with van der Waals surface area (Å²) in [7, 11) is 1.76. The van der Waals surface area contributed by atoms with E-state index in [0.717, 1.165) is 24.4 Å². The molecule has 0 radical (unpaired) electrons. The monoisotopic (exact) mass is 372 g/mol. The number of aromatic amines is 1. The second-order valence-electron chi connectivity index (χ2n) is 8.04. The van der Waals surface area contributed by atoms with Gasteiger partial charge in [-0.05, 0) is 19.8 Å². The highest BCUT2D eigenvalue weighted by Gasteiger charge is 2.67. The van der Waals surface area contributed by atoms with Crippen molar-refractivity contribution in [3.8, 4) is 0 Å². The molecule has 2 saturated heterocycles. The number of H-pyrrole nitrogens is 1. The summed E-state index contributed by atoms with van der Waals surface area (Å²) in [5, 5.41) is 0. The zero-order valence-corrected chi connectivity index (χ0v) is 16.4. The topological polar surface area (TPSA) is 78.5 Å². The molecule has 0 unspecified atom stereocenters. The van der Waals surface area contributed by atoms with Crippen LogP contribution in [0, 0.1) is 18.8 Å². The Bertz CT molecular complexity index is 784. The lowest BCUT2D eigenvalue weighted by Gasteiger charge is -2.29. The van der Waals surface area contributed by atoms with Gasteiger partial charge < -0.3 is 19.5 Å². The van der Waals surface area contributed by atoms with E-state index >= 15 is 0 Å². The summed E-state index contributed by atoms with van der Waals surface area (Å²) in [6.07, 6.45) is 7.25. The smallest absolute Gasteiger partial charge is 0.230 e. The van der Waals surface area contributed by atoms with Gasteiger partial charge in [-0.3, -0.25) is 9.59 Å². The van der Waals surface area contributed by atoms with Crippen LogP contribution in [0.3, 0.4) is 0 Å². The van der Waals surface area contributed by atoms with Gasteiger partial charge in [0.05, 0.1) is 31.0 Å². The molecule has 2 amide bonds. The van der Waals surface area contributed by atoms with E-state index in [1.54, 1.807) is 18.1 Å². The van der Waals surface area contributed by atoms with Crippen molar-refractivity contribution in [3.05, 3.63) is 29.9 Å². The van der Waals surface area contributed by atoms with E-state index in [2.05, 4.69) is 23.8 Å². The lowest BCUT2D eigenvalue weighted by molar-refractivity contribution is -0.143. The van der Waals surface area contributed by atoms with E-state index in [-0.39, 0.29) is 24.0 Å². The predicted octanol–water partition coefficient (Wildman–Crippen LogP) is 1.65. The zero-order valence-electron chi connectivity index (χ0n) is 16.4. The van der Waals surface area contributed by atoms with Gasteiger partial charge in [0.25, 0.3) is 0 Å². The van der Waals surface area contributed by atoms with Crippen LogP contribution in [-0.2, 0) is 20.9 Å². The minimum absolute atomic E-state index is 0.0509. The Kier molecular flexibility index (Phi) is 4.37. The summed E-state index contributed by atoms with van der Waals surface area (Å²) < 4.78 is 6.22. The van der Waals surface area contributed by atoms with Gasteiger partial charge in [-0.25, -0.2) is 4.98 Å². The molecular weight excluding hydrogens is 344 g/mol. The molecule has 1 N–H and O–H groups in total. The number of amides is 2. The number of carbonyl (C=O) groups is 2. The number of likely N-dealkylation sites (tertiary alicyclic amines) is 1. The summed E-state index contributed by atoms with van der Waals surface area (Å²) in [6.45, 7) is 7.08. The van der Waals surface area contributed by atoms with Crippen LogP contribution in [0.5, 0.6) is 0 Å². The lowest BCUT2D eigenvalue weighted by Crippen LogP contribution is -2.45. The molecule has 1 spiro atoms. The Morgan fingerprint density at radius 1 is 1.48 bits per heavy atom. The molecule has 2 fully saturated rings. The molecule has 0 saturated carbocycles. The van der Waals surface area contributed by atoms with Crippen molar-refractivity contribution >= 4 is 11.8 Å². The zero-order chi connectivity index (χ0) is 19.3. The quantitative estimate of drug-likeness (QED) is 0.770. The first-order chi connectivity index (χ1) is 12.9. The van der Waals surface area contributed by atoms with Crippen LogP contribution in [-0.4, -0.2) is 62.9 Å². The van der Waals surface area contributed by atoms with Crippen molar-refractivity contribution in [2.24, 2.45) is 11.8 Å². The fourth-order valence-electron chi connectivity index (χ4n) is 4.95. The number of fused-ring (bicyclic) bond motifs is 1. The fraction of sp³-hybridized carbons (Fsp3) is 0.650. The Balaban J connectivity index is 1.56. The summed E-state index contributed by atoms with van der Waals surface area (Å²) in [5.41, 5.74) is 0.329. The molecule has 3 aliphatic heterocycles. The van der Waals surface area contributed by atoms with E-state index in [9.17, 15) is 9.59 Å². The maximum atomic E-state index is 13.3. The van der Waals surface area contributed by atoms with Crippen LogP contribution in [0.4, 0.5) is 0 Å². The number of carbonyl (C=O) groups excluding carboxylic acids is 2. The van der Waals surface area contributed by atoms with Crippen molar-refractivity contribution in [1.82, 2.24) is 19.8 Å². The van der Waals surface area contributed by atoms with Crippen LogP contribution in [0.2, 0.25) is 0 Å². The van der Waals surface area contributed by atoms with Crippen LogP contribution in [0.15, 0.2) is 18.3 Å². The van der Waals surface area contributed by atoms with Gasteiger partial charge in [0, 0.05) is 25.0 Å². The van der Waals surface area contributed by atoms with Gasteiger partial charge in [-0.15, -0.1) is 0 Å². The van der Waals surface area contributed by atoms with Gasteiger partial charge in [0.15, 0.2) is 0 Å². The molecule has 0 aliphatic carbocycles. The van der Waals surface area contributed by atoms with Crippen LogP contribution < -0.4 is 0 Å². The molecule has 1 aromatic rings. The molecule has 4 rings (SSSR count). The molecule has 2 bridgehead atoms. The number of hydrogen-bond donors (Lipinski definition) is 1. The van der Waals surface area contributed by atoms with Crippen molar-refractivity contribution < 1.29 is 14.3 Å². The fourth-order valence-corrected chi connectivity index (χ4v) is 4.95. The third-order valence-corrected chi connectivity index (χ3v) is 6.32. The van der Waals surface area contributed by atoms with Crippen molar-refractivity contribution in [2.75, 3.05) is 13.6 Å². The standard InChI is InChI=1S/C20H28N4O3/c1-5-13(6-2)24-11-20-8-7-14(27-20)16(17(20)19(24)26)18(25)23(4)10-15-21-9-12(3)22-15/h7-9,13-14,16-17H,5-6,10-11H2,1-4H3,(H,21,22)/t14-,16+,17-,20-/m0/s1. The molecule has 7 heteroatoms. The number of aromatic nitrogens is 2. The lowest BCUT2D eigenvalue weighted by atomic mass is 9.76. The SMILES string of the molecule is CCC(CC)N1C[C@]23C=C[C@H](O2)[C@@H](C(=O)N(C)Cc2ncc(C)[nH]2)[C@H]3C1=O. The Morgan fingerprint density at radius 3 is 2.85 bits per heavy atom. The number of nitrogens with one attached hydrogen (secondary N) is 1. The highest BCUT2D eigenvalue weighted by Crippen LogP contribution is 2.52. The van der Waals surface area contributed by atoms with Crippen molar-refractivity contribution in [3.63, 3.8) is 0 Å². The average molecular weight is 372 g/mol. The summed E-state index contributed by atoms with van der Waals surface area (Å²) >= 11 is 0. The highest BCUT2D eigenvalue weighted by atomic mass is 16.5. The minimum Gasteiger partial charge on any atom is -0.360 e. The number of imidazole rings is 1. The largest absolute Gasteiger partial charge is 0.360 e. The van der Waals surface area contributed by atoms with E-state index in [4.69, 9.17) is 4.74 Å². The molecule has 4 heterocycles. The Morgan fingerprint density at radius 2 is 2.22 bits per heavy atom. The van der Waals surface area contributed by atoms with Gasteiger partial charge in [0.2, 0.25) is 11.8 Å². The van der Waals surface area contributed by atoms with Crippen LogP contribution >= 0.6 is 0 Å². The molecule has 0 aromatic carbocycles. The number of rotatable bonds is 6. The molecule has 7 nitrogen and oxygen atoms in total. The predicted molar refractivity (Wildman–Crippen MR) is 99.6 cm³/mol. The molecule has 3 aliphatic rings. The molecule has 1 aromatic heterocycles. The molecule has 27 heavy (non-hydrogen) atoms. The summed E-state index contributed by atoms with van der Waals surface area (Å²) in [6, 6.07) is 0.202. The van der Waals surface area contributed by atoms with E-state index in [1.165, 1.54) is 0 Å². The maximum absolute atomic E-state index is 13.3. The van der Waals surface area contributed by atoms with Crippen molar-refractivity contribution in [1.29, 1.82) is 0 Å².